The maximum absolute atomic E-state index is 12.6. The van der Waals surface area contributed by atoms with Crippen molar-refractivity contribution in [3.63, 3.8) is 0 Å². The number of carbonyl (C=O) groups is 1. The average Bonchev–Trinajstić information content (AvgIpc) is 3.08. The molecule has 0 radical (unpaired) electrons. The summed E-state index contributed by atoms with van der Waals surface area (Å²) in [6.45, 7) is 0.477. The third kappa shape index (κ3) is 1.94. The van der Waals surface area contributed by atoms with E-state index in [9.17, 15) is 4.79 Å². The van der Waals surface area contributed by atoms with Crippen molar-refractivity contribution < 1.29 is 4.79 Å². The van der Waals surface area contributed by atoms with Crippen molar-refractivity contribution >= 4 is 45.5 Å². The highest BCUT2D eigenvalue weighted by Crippen LogP contribution is 2.38. The summed E-state index contributed by atoms with van der Waals surface area (Å²) < 4.78 is 0.923. The van der Waals surface area contributed by atoms with Crippen molar-refractivity contribution in [2.45, 2.75) is 10.9 Å². The van der Waals surface area contributed by atoms with Crippen LogP contribution in [0.5, 0.6) is 0 Å². The van der Waals surface area contributed by atoms with Gasteiger partial charge in [-0.25, -0.2) is 0 Å². The minimum atomic E-state index is 0.0442. The van der Waals surface area contributed by atoms with Crippen LogP contribution >= 0.6 is 23.1 Å². The van der Waals surface area contributed by atoms with E-state index in [0.29, 0.717) is 6.54 Å². The Balaban J connectivity index is 1.78. The minimum absolute atomic E-state index is 0.0442. The first-order valence-electron chi connectivity index (χ1n) is 6.48. The molecule has 0 bridgehead atoms. The van der Waals surface area contributed by atoms with Crippen LogP contribution in [0.25, 0.3) is 10.8 Å². The minimum Gasteiger partial charge on any atom is -0.301 e. The van der Waals surface area contributed by atoms with Gasteiger partial charge in [0.2, 0.25) is 0 Å². The van der Waals surface area contributed by atoms with Gasteiger partial charge in [0.05, 0.1) is 12.2 Å². The number of aromatic nitrogens is 2. The van der Waals surface area contributed by atoms with Crippen molar-refractivity contribution in [2.75, 3.05) is 11.2 Å². The first kappa shape index (κ1) is 12.8. The number of amides is 1. The standard InChI is InChI=1S/C15H11N3OS2/c1-20-15-17-16-12(21-15)8-18-11-7-3-5-9-4-2-6-10(13(9)11)14(18)19/h2-7H,8H2,1H3. The molecule has 0 spiro atoms. The maximum atomic E-state index is 12.6. The number of carbonyl (C=O) groups excluding carboxylic acids is 1. The zero-order chi connectivity index (χ0) is 14.4. The third-order valence-electron chi connectivity index (χ3n) is 3.57. The van der Waals surface area contributed by atoms with Gasteiger partial charge in [-0.05, 0) is 23.8 Å². The molecular weight excluding hydrogens is 302 g/mol. The molecule has 0 saturated carbocycles. The summed E-state index contributed by atoms with van der Waals surface area (Å²) in [5, 5.41) is 11.3. The lowest BCUT2D eigenvalue weighted by molar-refractivity contribution is 0.0991. The number of benzene rings is 2. The molecule has 0 unspecified atom stereocenters. The number of rotatable bonds is 3. The highest BCUT2D eigenvalue weighted by atomic mass is 32.2. The van der Waals surface area contributed by atoms with Crippen LogP contribution in [0.4, 0.5) is 5.69 Å². The molecule has 4 nitrogen and oxygen atoms in total. The summed E-state index contributed by atoms with van der Waals surface area (Å²) in [5.74, 6) is 0.0442. The Labute approximate surface area is 129 Å². The van der Waals surface area contributed by atoms with E-state index in [4.69, 9.17) is 0 Å². The van der Waals surface area contributed by atoms with Gasteiger partial charge in [-0.1, -0.05) is 47.4 Å². The van der Waals surface area contributed by atoms with Gasteiger partial charge < -0.3 is 4.90 Å². The molecule has 6 heteroatoms. The Kier molecular flexibility index (Phi) is 2.94. The zero-order valence-corrected chi connectivity index (χ0v) is 12.9. The smallest absolute Gasteiger partial charge is 0.259 e. The van der Waals surface area contributed by atoms with E-state index in [1.54, 1.807) is 16.7 Å². The molecule has 1 amide bonds. The van der Waals surface area contributed by atoms with Gasteiger partial charge in [0.1, 0.15) is 5.01 Å². The van der Waals surface area contributed by atoms with Crippen molar-refractivity contribution in [2.24, 2.45) is 0 Å². The van der Waals surface area contributed by atoms with Crippen LogP contribution in [-0.4, -0.2) is 22.4 Å². The maximum Gasteiger partial charge on any atom is 0.259 e. The fourth-order valence-electron chi connectivity index (χ4n) is 2.66. The Bertz CT molecular complexity index is 854. The predicted molar refractivity (Wildman–Crippen MR) is 86.2 cm³/mol. The second kappa shape index (κ2) is 4.82. The lowest BCUT2D eigenvalue weighted by atomic mass is 10.1. The monoisotopic (exact) mass is 313 g/mol. The fraction of sp³-hybridized carbons (Fsp3) is 0.133. The summed E-state index contributed by atoms with van der Waals surface area (Å²) in [4.78, 5) is 14.4. The summed E-state index contributed by atoms with van der Waals surface area (Å²) in [7, 11) is 0. The first-order chi connectivity index (χ1) is 10.3. The second-order valence-corrected chi connectivity index (χ2v) is 6.85. The molecule has 3 aromatic rings. The van der Waals surface area contributed by atoms with Crippen molar-refractivity contribution in [1.29, 1.82) is 0 Å². The van der Waals surface area contributed by atoms with Gasteiger partial charge in [0, 0.05) is 10.9 Å². The van der Waals surface area contributed by atoms with Crippen LogP contribution in [0, 0.1) is 0 Å². The number of nitrogens with zero attached hydrogens (tertiary/aromatic N) is 3. The molecule has 0 atom stereocenters. The predicted octanol–water partition coefficient (Wildman–Crippen LogP) is 3.57. The van der Waals surface area contributed by atoms with Crippen LogP contribution in [0.2, 0.25) is 0 Å². The molecule has 0 saturated heterocycles. The van der Waals surface area contributed by atoms with Crippen molar-refractivity contribution in [3.05, 3.63) is 47.0 Å². The van der Waals surface area contributed by atoms with E-state index in [2.05, 4.69) is 10.2 Å². The van der Waals surface area contributed by atoms with Gasteiger partial charge >= 0.3 is 0 Å². The highest BCUT2D eigenvalue weighted by Gasteiger charge is 2.30. The molecule has 1 aliphatic heterocycles. The van der Waals surface area contributed by atoms with Crippen molar-refractivity contribution in [1.82, 2.24) is 10.2 Å². The topological polar surface area (TPSA) is 46.1 Å². The summed E-state index contributed by atoms with van der Waals surface area (Å²) in [5.41, 5.74) is 1.74. The summed E-state index contributed by atoms with van der Waals surface area (Å²) >= 11 is 3.11. The van der Waals surface area contributed by atoms with E-state index in [0.717, 1.165) is 31.4 Å². The molecular formula is C15H11N3OS2. The van der Waals surface area contributed by atoms with E-state index < -0.39 is 0 Å². The molecule has 0 aliphatic carbocycles. The lowest BCUT2D eigenvalue weighted by Crippen LogP contribution is -2.25. The van der Waals surface area contributed by atoms with Crippen molar-refractivity contribution in [3.8, 4) is 0 Å². The molecule has 1 aliphatic rings. The normalized spacial score (nSPS) is 13.4. The third-order valence-corrected chi connectivity index (χ3v) is 5.45. The van der Waals surface area contributed by atoms with Crippen LogP contribution in [-0.2, 0) is 6.54 Å². The van der Waals surface area contributed by atoms with Gasteiger partial charge in [-0.3, -0.25) is 4.79 Å². The lowest BCUT2D eigenvalue weighted by Gasteiger charge is -2.15. The molecule has 0 fully saturated rings. The number of thioether (sulfide) groups is 1. The molecule has 104 valence electrons. The van der Waals surface area contributed by atoms with Crippen LogP contribution < -0.4 is 4.90 Å². The van der Waals surface area contributed by atoms with Gasteiger partial charge in [-0.2, -0.15) is 0 Å². The highest BCUT2D eigenvalue weighted by molar-refractivity contribution is 8.00. The van der Waals surface area contributed by atoms with Gasteiger partial charge in [-0.15, -0.1) is 10.2 Å². The molecule has 4 rings (SSSR count). The largest absolute Gasteiger partial charge is 0.301 e. The summed E-state index contributed by atoms with van der Waals surface area (Å²) in [6, 6.07) is 11.9. The zero-order valence-electron chi connectivity index (χ0n) is 11.2. The Morgan fingerprint density at radius 1 is 1.19 bits per heavy atom. The molecule has 0 N–H and O–H groups in total. The number of hydrogen-bond donors (Lipinski definition) is 0. The Morgan fingerprint density at radius 2 is 2.00 bits per heavy atom. The molecule has 21 heavy (non-hydrogen) atoms. The van der Waals surface area contributed by atoms with E-state index in [-0.39, 0.29) is 5.91 Å². The molecule has 2 aromatic carbocycles. The summed E-state index contributed by atoms with van der Waals surface area (Å²) in [6.07, 6.45) is 1.97. The Morgan fingerprint density at radius 3 is 2.76 bits per heavy atom. The van der Waals surface area contributed by atoms with Crippen LogP contribution in [0.1, 0.15) is 15.4 Å². The van der Waals surface area contributed by atoms with Crippen LogP contribution in [0.3, 0.4) is 0 Å². The van der Waals surface area contributed by atoms with Gasteiger partial charge in [0.15, 0.2) is 4.34 Å². The SMILES string of the molecule is CSc1nnc(CN2C(=O)c3cccc4cccc2c34)s1. The fourth-order valence-corrected chi connectivity index (χ4v) is 3.96. The van der Waals surface area contributed by atoms with Gasteiger partial charge in [0.25, 0.3) is 5.91 Å². The number of hydrogen-bond acceptors (Lipinski definition) is 5. The first-order valence-corrected chi connectivity index (χ1v) is 8.52. The Hall–Kier alpha value is -1.92. The van der Waals surface area contributed by atoms with E-state index in [1.165, 1.54) is 11.3 Å². The van der Waals surface area contributed by atoms with E-state index in [1.807, 2.05) is 42.7 Å². The molecule has 2 heterocycles. The van der Waals surface area contributed by atoms with E-state index >= 15 is 0 Å². The second-order valence-electron chi connectivity index (χ2n) is 4.74. The number of anilines is 1. The average molecular weight is 313 g/mol. The quantitative estimate of drug-likeness (QED) is 0.693. The molecule has 1 aromatic heterocycles. The van der Waals surface area contributed by atoms with Crippen LogP contribution in [0.15, 0.2) is 40.7 Å².